The fourth-order valence-corrected chi connectivity index (χ4v) is 1.36. The van der Waals surface area contributed by atoms with Crippen LogP contribution in [0.5, 0.6) is 5.75 Å². The molecule has 0 aliphatic heterocycles. The number of amides is 1. The van der Waals surface area contributed by atoms with Crippen LogP contribution < -0.4 is 10.1 Å². The number of benzene rings is 1. The van der Waals surface area contributed by atoms with E-state index >= 15 is 0 Å². The molecule has 0 aromatic heterocycles. The van der Waals surface area contributed by atoms with E-state index in [1.165, 1.54) is 0 Å². The van der Waals surface area contributed by atoms with Gasteiger partial charge in [-0.2, -0.15) is 5.26 Å². The first-order chi connectivity index (χ1) is 9.67. The van der Waals surface area contributed by atoms with Crippen molar-refractivity contribution in [2.75, 3.05) is 19.8 Å². The highest BCUT2D eigenvalue weighted by Gasteiger charge is 2.07. The molecule has 0 bridgehead atoms. The van der Waals surface area contributed by atoms with E-state index in [1.807, 2.05) is 6.07 Å². The molecule has 106 valence electrons. The number of nitriles is 1. The molecule has 0 saturated carbocycles. The summed E-state index contributed by atoms with van der Waals surface area (Å²) in [4.78, 5) is 22.7. The molecule has 1 aromatic carbocycles. The SMILES string of the molecule is CCOC(=O)c1ccc(OCC(=O)NCCC#N)cc1. The third kappa shape index (κ3) is 5.40. The summed E-state index contributed by atoms with van der Waals surface area (Å²) >= 11 is 0. The van der Waals surface area contributed by atoms with Gasteiger partial charge in [-0.05, 0) is 31.2 Å². The highest BCUT2D eigenvalue weighted by Crippen LogP contribution is 2.12. The summed E-state index contributed by atoms with van der Waals surface area (Å²) in [6.07, 6.45) is 0.264. The zero-order chi connectivity index (χ0) is 14.8. The molecular weight excluding hydrogens is 260 g/mol. The number of carbonyl (C=O) groups is 2. The van der Waals surface area contributed by atoms with Gasteiger partial charge in [0.2, 0.25) is 0 Å². The Bertz CT molecular complexity index is 491. The maximum absolute atomic E-state index is 11.4. The third-order valence-corrected chi connectivity index (χ3v) is 2.29. The lowest BCUT2D eigenvalue weighted by Gasteiger charge is -2.07. The van der Waals surface area contributed by atoms with E-state index in [0.717, 1.165) is 0 Å². The summed E-state index contributed by atoms with van der Waals surface area (Å²) in [5.41, 5.74) is 0.428. The number of hydrogen-bond donors (Lipinski definition) is 1. The zero-order valence-corrected chi connectivity index (χ0v) is 11.2. The molecule has 6 nitrogen and oxygen atoms in total. The maximum Gasteiger partial charge on any atom is 0.338 e. The van der Waals surface area contributed by atoms with Gasteiger partial charge in [-0.25, -0.2) is 4.79 Å². The molecule has 1 aromatic rings. The van der Waals surface area contributed by atoms with Crippen LogP contribution in [0.3, 0.4) is 0 Å². The van der Waals surface area contributed by atoms with Crippen LogP contribution in [0.25, 0.3) is 0 Å². The van der Waals surface area contributed by atoms with Crippen molar-refractivity contribution in [3.8, 4) is 11.8 Å². The Morgan fingerprint density at radius 3 is 2.60 bits per heavy atom. The molecule has 0 saturated heterocycles. The molecule has 0 spiro atoms. The van der Waals surface area contributed by atoms with Crippen molar-refractivity contribution in [3.63, 3.8) is 0 Å². The molecule has 20 heavy (non-hydrogen) atoms. The molecule has 0 fully saturated rings. The minimum Gasteiger partial charge on any atom is -0.484 e. The number of hydrogen-bond acceptors (Lipinski definition) is 5. The van der Waals surface area contributed by atoms with Crippen molar-refractivity contribution in [1.29, 1.82) is 5.26 Å². The summed E-state index contributed by atoms with van der Waals surface area (Å²) in [5.74, 6) is -0.212. The van der Waals surface area contributed by atoms with E-state index in [2.05, 4.69) is 5.32 Å². The Hall–Kier alpha value is -2.55. The first-order valence-electron chi connectivity index (χ1n) is 6.21. The second kappa shape index (κ2) is 8.53. The summed E-state index contributed by atoms with van der Waals surface area (Å²) in [6, 6.07) is 8.25. The number of rotatable bonds is 7. The van der Waals surface area contributed by atoms with Gasteiger partial charge < -0.3 is 14.8 Å². The predicted octanol–water partition coefficient (Wildman–Crippen LogP) is 1.27. The zero-order valence-electron chi connectivity index (χ0n) is 11.2. The molecule has 0 heterocycles. The highest BCUT2D eigenvalue weighted by molar-refractivity contribution is 5.89. The van der Waals surface area contributed by atoms with E-state index in [1.54, 1.807) is 31.2 Å². The topological polar surface area (TPSA) is 88.4 Å². The van der Waals surface area contributed by atoms with Gasteiger partial charge in [0.05, 0.1) is 24.7 Å². The van der Waals surface area contributed by atoms with Crippen LogP contribution in [0, 0.1) is 11.3 Å². The molecule has 0 unspecified atom stereocenters. The van der Waals surface area contributed by atoms with Crippen molar-refractivity contribution >= 4 is 11.9 Å². The minimum atomic E-state index is -0.395. The average Bonchev–Trinajstić information content (AvgIpc) is 2.46. The normalized spacial score (nSPS) is 9.40. The molecule has 1 amide bonds. The highest BCUT2D eigenvalue weighted by atomic mass is 16.5. The fraction of sp³-hybridized carbons (Fsp3) is 0.357. The lowest BCUT2D eigenvalue weighted by atomic mass is 10.2. The van der Waals surface area contributed by atoms with Crippen LogP contribution in [-0.4, -0.2) is 31.6 Å². The van der Waals surface area contributed by atoms with Gasteiger partial charge in [-0.1, -0.05) is 0 Å². The standard InChI is InChI=1S/C14H16N2O4/c1-2-19-14(18)11-4-6-12(7-5-11)20-10-13(17)16-9-3-8-15/h4-7H,2-3,9-10H2,1H3,(H,16,17). The molecule has 1 N–H and O–H groups in total. The van der Waals surface area contributed by atoms with E-state index in [0.29, 0.717) is 24.5 Å². The van der Waals surface area contributed by atoms with Crippen LogP contribution in [0.2, 0.25) is 0 Å². The van der Waals surface area contributed by atoms with Crippen LogP contribution in [0.15, 0.2) is 24.3 Å². The van der Waals surface area contributed by atoms with Gasteiger partial charge in [-0.3, -0.25) is 4.79 Å². The van der Waals surface area contributed by atoms with Crippen LogP contribution in [0.1, 0.15) is 23.7 Å². The summed E-state index contributed by atoms with van der Waals surface area (Å²) in [5, 5.41) is 10.9. The van der Waals surface area contributed by atoms with Gasteiger partial charge >= 0.3 is 5.97 Å². The lowest BCUT2D eigenvalue weighted by molar-refractivity contribution is -0.123. The predicted molar refractivity (Wildman–Crippen MR) is 71.1 cm³/mol. The third-order valence-electron chi connectivity index (χ3n) is 2.29. The van der Waals surface area contributed by atoms with Crippen LogP contribution in [-0.2, 0) is 9.53 Å². The Morgan fingerprint density at radius 2 is 2.00 bits per heavy atom. The van der Waals surface area contributed by atoms with E-state index < -0.39 is 5.97 Å². The number of ether oxygens (including phenoxy) is 2. The Labute approximate surface area is 117 Å². The number of nitrogens with zero attached hydrogens (tertiary/aromatic N) is 1. The minimum absolute atomic E-state index is 0.135. The van der Waals surface area contributed by atoms with E-state index in [-0.39, 0.29) is 18.9 Å². The van der Waals surface area contributed by atoms with Gasteiger partial charge in [0, 0.05) is 6.54 Å². The number of nitrogens with one attached hydrogen (secondary N) is 1. The Morgan fingerprint density at radius 1 is 1.30 bits per heavy atom. The van der Waals surface area contributed by atoms with Gasteiger partial charge in [0.1, 0.15) is 5.75 Å². The van der Waals surface area contributed by atoms with Gasteiger partial charge in [0.15, 0.2) is 6.61 Å². The molecule has 1 rings (SSSR count). The summed E-state index contributed by atoms with van der Waals surface area (Å²) in [6.45, 7) is 2.23. The first kappa shape index (κ1) is 15.5. The molecular formula is C14H16N2O4. The molecule has 0 atom stereocenters. The van der Waals surface area contributed by atoms with Gasteiger partial charge in [0.25, 0.3) is 5.91 Å². The first-order valence-corrected chi connectivity index (χ1v) is 6.21. The largest absolute Gasteiger partial charge is 0.484 e. The smallest absolute Gasteiger partial charge is 0.338 e. The van der Waals surface area contributed by atoms with Crippen molar-refractivity contribution in [2.24, 2.45) is 0 Å². The second-order valence-corrected chi connectivity index (χ2v) is 3.79. The van der Waals surface area contributed by atoms with Crippen molar-refractivity contribution < 1.29 is 19.1 Å². The quantitative estimate of drug-likeness (QED) is 0.598. The monoisotopic (exact) mass is 276 g/mol. The number of carbonyl (C=O) groups excluding carboxylic acids is 2. The maximum atomic E-state index is 11.4. The van der Waals surface area contributed by atoms with Crippen LogP contribution in [0.4, 0.5) is 0 Å². The lowest BCUT2D eigenvalue weighted by Crippen LogP contribution is -2.29. The second-order valence-electron chi connectivity index (χ2n) is 3.79. The average molecular weight is 276 g/mol. The van der Waals surface area contributed by atoms with E-state index in [9.17, 15) is 9.59 Å². The molecule has 0 radical (unpaired) electrons. The fourth-order valence-electron chi connectivity index (χ4n) is 1.36. The molecule has 6 heteroatoms. The van der Waals surface area contributed by atoms with Crippen LogP contribution >= 0.6 is 0 Å². The summed E-state index contributed by atoms with van der Waals surface area (Å²) in [7, 11) is 0. The molecule has 0 aliphatic carbocycles. The van der Waals surface area contributed by atoms with Crippen molar-refractivity contribution in [3.05, 3.63) is 29.8 Å². The van der Waals surface area contributed by atoms with E-state index in [4.69, 9.17) is 14.7 Å². The van der Waals surface area contributed by atoms with Crippen molar-refractivity contribution in [1.82, 2.24) is 5.32 Å². The molecule has 0 aliphatic rings. The Balaban J connectivity index is 2.40. The number of esters is 1. The van der Waals surface area contributed by atoms with Crippen molar-refractivity contribution in [2.45, 2.75) is 13.3 Å². The summed E-state index contributed by atoms with van der Waals surface area (Å²) < 4.78 is 10.1. The van der Waals surface area contributed by atoms with Gasteiger partial charge in [-0.15, -0.1) is 0 Å². The Kier molecular flexibility index (Phi) is 6.62.